The maximum Gasteiger partial charge on any atom is 0.252 e. The van der Waals surface area contributed by atoms with Crippen LogP contribution >= 0.6 is 11.3 Å². The first-order valence-corrected chi connectivity index (χ1v) is 12.4. The number of fused-ring (bicyclic) bond motifs is 1. The molecule has 0 bridgehead atoms. The molecular formula is C23H24N2O3S2. The lowest BCUT2D eigenvalue weighted by molar-refractivity contribution is -0.117. The zero-order valence-electron chi connectivity index (χ0n) is 17.1. The van der Waals surface area contributed by atoms with Crippen molar-refractivity contribution in [2.24, 2.45) is 4.99 Å². The van der Waals surface area contributed by atoms with Crippen molar-refractivity contribution in [1.82, 2.24) is 4.57 Å². The Labute approximate surface area is 181 Å². The number of thiazole rings is 1. The largest absolute Gasteiger partial charge is 0.305 e. The van der Waals surface area contributed by atoms with E-state index in [9.17, 15) is 13.2 Å². The van der Waals surface area contributed by atoms with Gasteiger partial charge in [-0.2, -0.15) is 4.99 Å². The van der Waals surface area contributed by atoms with E-state index < -0.39 is 9.84 Å². The lowest BCUT2D eigenvalue weighted by Crippen LogP contribution is -2.17. The van der Waals surface area contributed by atoms with E-state index in [1.165, 1.54) is 29.0 Å². The van der Waals surface area contributed by atoms with Crippen molar-refractivity contribution >= 4 is 37.3 Å². The van der Waals surface area contributed by atoms with Crippen molar-refractivity contribution in [2.75, 3.05) is 6.26 Å². The summed E-state index contributed by atoms with van der Waals surface area (Å²) in [6, 6.07) is 12.6. The van der Waals surface area contributed by atoms with Gasteiger partial charge in [-0.3, -0.25) is 4.79 Å². The van der Waals surface area contributed by atoms with E-state index in [0.717, 1.165) is 35.7 Å². The summed E-state index contributed by atoms with van der Waals surface area (Å²) in [6.07, 6.45) is 10.1. The predicted molar refractivity (Wildman–Crippen MR) is 121 cm³/mol. The van der Waals surface area contributed by atoms with Gasteiger partial charge >= 0.3 is 0 Å². The van der Waals surface area contributed by atoms with Crippen LogP contribution in [0.4, 0.5) is 0 Å². The van der Waals surface area contributed by atoms with Gasteiger partial charge in [-0.05, 0) is 48.2 Å². The first kappa shape index (κ1) is 22.0. The zero-order valence-corrected chi connectivity index (χ0v) is 18.7. The highest BCUT2D eigenvalue weighted by Gasteiger charge is 2.10. The van der Waals surface area contributed by atoms with Crippen LogP contribution in [0.25, 0.3) is 10.2 Å². The van der Waals surface area contributed by atoms with Crippen molar-refractivity contribution in [3.05, 3.63) is 58.4 Å². The predicted octanol–water partition coefficient (Wildman–Crippen LogP) is 3.75. The fourth-order valence-corrected chi connectivity index (χ4v) is 4.90. The average Bonchev–Trinajstić information content (AvgIpc) is 3.02. The Bertz CT molecular complexity index is 1270. The van der Waals surface area contributed by atoms with Crippen molar-refractivity contribution in [3.63, 3.8) is 0 Å². The molecule has 1 heterocycles. The van der Waals surface area contributed by atoms with Crippen LogP contribution in [0.3, 0.4) is 0 Å². The number of unbranched alkanes of at least 4 members (excludes halogenated alkanes) is 1. The molecule has 7 heteroatoms. The average molecular weight is 441 g/mol. The Kier molecular flexibility index (Phi) is 6.91. The highest BCUT2D eigenvalue weighted by Crippen LogP contribution is 2.20. The van der Waals surface area contributed by atoms with Gasteiger partial charge < -0.3 is 4.57 Å². The van der Waals surface area contributed by atoms with E-state index in [2.05, 4.69) is 30.0 Å². The second kappa shape index (κ2) is 9.41. The van der Waals surface area contributed by atoms with Gasteiger partial charge in [0.25, 0.3) is 5.91 Å². The summed E-state index contributed by atoms with van der Waals surface area (Å²) in [7, 11) is -3.26. The molecule has 0 radical (unpaired) electrons. The molecule has 0 saturated heterocycles. The number of terminal acetylenes is 1. The Hall–Kier alpha value is -2.69. The summed E-state index contributed by atoms with van der Waals surface area (Å²) in [5.74, 6) is 2.34. The van der Waals surface area contributed by atoms with Gasteiger partial charge in [0, 0.05) is 6.26 Å². The summed E-state index contributed by atoms with van der Waals surface area (Å²) in [6.45, 7) is 2.51. The maximum absolute atomic E-state index is 12.6. The third kappa shape index (κ3) is 5.26. The number of carbonyl (C=O) groups excluding carboxylic acids is 1. The van der Waals surface area contributed by atoms with Gasteiger partial charge in [-0.15, -0.1) is 6.42 Å². The zero-order chi connectivity index (χ0) is 21.7. The highest BCUT2D eigenvalue weighted by atomic mass is 32.2. The van der Waals surface area contributed by atoms with Crippen LogP contribution in [-0.2, 0) is 34.0 Å². The Morgan fingerprint density at radius 2 is 1.87 bits per heavy atom. The second-order valence-electron chi connectivity index (χ2n) is 7.18. The summed E-state index contributed by atoms with van der Waals surface area (Å²) >= 11 is 1.46. The molecule has 0 N–H and O–H groups in total. The SMILES string of the molecule is C#CCn1c(=NC(=O)Cc2ccc(S(C)(=O)=O)cc2)sc2cc(CCCC)ccc21. The van der Waals surface area contributed by atoms with Crippen LogP contribution < -0.4 is 4.80 Å². The number of carbonyl (C=O) groups is 1. The van der Waals surface area contributed by atoms with Crippen LogP contribution in [0, 0.1) is 12.3 Å². The Morgan fingerprint density at radius 1 is 1.17 bits per heavy atom. The first-order valence-electron chi connectivity index (χ1n) is 9.74. The van der Waals surface area contributed by atoms with Gasteiger partial charge in [-0.25, -0.2) is 8.42 Å². The number of benzene rings is 2. The molecule has 0 spiro atoms. The molecule has 0 fully saturated rings. The molecule has 156 valence electrons. The number of aromatic nitrogens is 1. The minimum absolute atomic E-state index is 0.0933. The summed E-state index contributed by atoms with van der Waals surface area (Å²) < 4.78 is 26.1. The third-order valence-corrected chi connectivity index (χ3v) is 6.91. The standard InChI is InChI=1S/C23H24N2O3S2/c1-4-6-7-17-10-13-20-21(15-17)29-23(25(20)14-5-2)24-22(26)16-18-8-11-19(12-9-18)30(3,27)28/h2,8-13,15H,4,6-7,14,16H2,1,3H3. The van der Waals surface area contributed by atoms with E-state index in [-0.39, 0.29) is 17.2 Å². The molecule has 2 aromatic carbocycles. The van der Waals surface area contributed by atoms with E-state index in [1.54, 1.807) is 12.1 Å². The summed E-state index contributed by atoms with van der Waals surface area (Å²) in [4.78, 5) is 17.7. The van der Waals surface area contributed by atoms with E-state index in [4.69, 9.17) is 6.42 Å². The number of hydrogen-bond donors (Lipinski definition) is 0. The monoisotopic (exact) mass is 440 g/mol. The smallest absolute Gasteiger partial charge is 0.252 e. The quantitative estimate of drug-likeness (QED) is 0.526. The molecule has 1 amide bonds. The second-order valence-corrected chi connectivity index (χ2v) is 10.2. The van der Waals surface area contributed by atoms with E-state index in [0.29, 0.717) is 16.9 Å². The number of hydrogen-bond acceptors (Lipinski definition) is 4. The van der Waals surface area contributed by atoms with Crippen LogP contribution in [0.5, 0.6) is 0 Å². The molecule has 0 aliphatic heterocycles. The summed E-state index contributed by atoms with van der Waals surface area (Å²) in [5, 5.41) is 0. The van der Waals surface area contributed by atoms with Crippen LogP contribution in [0.1, 0.15) is 30.9 Å². The number of aryl methyl sites for hydroxylation is 1. The van der Waals surface area contributed by atoms with Gasteiger partial charge in [0.2, 0.25) is 0 Å². The van der Waals surface area contributed by atoms with Crippen molar-refractivity contribution < 1.29 is 13.2 Å². The fraction of sp³-hybridized carbons (Fsp3) is 0.304. The van der Waals surface area contributed by atoms with E-state index >= 15 is 0 Å². The molecule has 0 saturated carbocycles. The van der Waals surface area contributed by atoms with Gasteiger partial charge in [0.05, 0.1) is 28.1 Å². The fourth-order valence-electron chi connectivity index (χ4n) is 3.16. The molecular weight excluding hydrogens is 416 g/mol. The molecule has 0 atom stereocenters. The van der Waals surface area contributed by atoms with Crippen molar-refractivity contribution in [1.29, 1.82) is 0 Å². The number of rotatable bonds is 7. The molecule has 0 aliphatic carbocycles. The van der Waals surface area contributed by atoms with Crippen molar-refractivity contribution in [3.8, 4) is 12.3 Å². The first-order chi connectivity index (χ1) is 14.3. The lowest BCUT2D eigenvalue weighted by Gasteiger charge is -2.03. The van der Waals surface area contributed by atoms with Crippen LogP contribution in [-0.4, -0.2) is 25.1 Å². The van der Waals surface area contributed by atoms with Crippen LogP contribution in [0.2, 0.25) is 0 Å². The van der Waals surface area contributed by atoms with Crippen LogP contribution in [0.15, 0.2) is 52.4 Å². The highest BCUT2D eigenvalue weighted by molar-refractivity contribution is 7.90. The van der Waals surface area contributed by atoms with Gasteiger partial charge in [0.1, 0.15) is 0 Å². The number of nitrogens with zero attached hydrogens (tertiary/aromatic N) is 2. The van der Waals surface area contributed by atoms with Gasteiger partial charge in [-0.1, -0.05) is 48.8 Å². The molecule has 0 aliphatic rings. The molecule has 3 rings (SSSR count). The summed E-state index contributed by atoms with van der Waals surface area (Å²) in [5.41, 5.74) is 2.95. The molecule has 30 heavy (non-hydrogen) atoms. The third-order valence-electron chi connectivity index (χ3n) is 4.74. The van der Waals surface area contributed by atoms with E-state index in [1.807, 2.05) is 10.6 Å². The normalized spacial score (nSPS) is 12.2. The Morgan fingerprint density at radius 3 is 2.50 bits per heavy atom. The topological polar surface area (TPSA) is 68.5 Å². The number of amides is 1. The van der Waals surface area contributed by atoms with Gasteiger partial charge in [0.15, 0.2) is 14.6 Å². The molecule has 1 aromatic heterocycles. The minimum atomic E-state index is -3.26. The molecule has 3 aromatic rings. The molecule has 0 unspecified atom stereocenters. The van der Waals surface area contributed by atoms with Crippen molar-refractivity contribution in [2.45, 2.75) is 44.0 Å². The minimum Gasteiger partial charge on any atom is -0.305 e. The maximum atomic E-state index is 12.6. The Balaban J connectivity index is 1.90. The number of sulfone groups is 1. The lowest BCUT2D eigenvalue weighted by atomic mass is 10.1. The molecule has 5 nitrogen and oxygen atoms in total.